The molecule has 2 aromatic heterocycles. The van der Waals surface area contributed by atoms with E-state index in [9.17, 15) is 9.59 Å². The number of carbonyl (C=O) groups is 2. The molecular weight excluding hydrogens is 276 g/mol. The van der Waals surface area contributed by atoms with Crippen molar-refractivity contribution in [3.8, 4) is 0 Å². The average molecular weight is 284 g/mol. The fourth-order valence-corrected chi connectivity index (χ4v) is 2.77. The number of hydrogen-bond donors (Lipinski definition) is 2. The Hall–Kier alpha value is -1.80. The predicted octanol–water partition coefficient (Wildman–Crippen LogP) is 1.87. The van der Waals surface area contributed by atoms with Gasteiger partial charge in [-0.05, 0) is 21.6 Å². The average Bonchev–Trinajstić information content (AvgIpc) is 2.95. The van der Waals surface area contributed by atoms with Crippen LogP contribution in [0, 0.1) is 0 Å². The van der Waals surface area contributed by atoms with Crippen LogP contribution in [0.3, 0.4) is 0 Å². The monoisotopic (exact) mass is 284 g/mol. The van der Waals surface area contributed by atoms with Crippen molar-refractivity contribution in [2.24, 2.45) is 11.5 Å². The Balaban J connectivity index is 1.97. The van der Waals surface area contributed by atoms with Gasteiger partial charge in [0.2, 0.25) is 0 Å². The zero-order valence-corrected chi connectivity index (χ0v) is 10.5. The summed E-state index contributed by atoms with van der Waals surface area (Å²) < 4.78 is 10.2. The summed E-state index contributed by atoms with van der Waals surface area (Å²) >= 11 is 0. The van der Waals surface area contributed by atoms with E-state index in [2.05, 4.69) is 0 Å². The molecule has 0 unspecified atom stereocenters. The first-order valence-electron chi connectivity index (χ1n) is 4.67. The molecule has 0 aromatic carbocycles. The highest BCUT2D eigenvalue weighted by Crippen LogP contribution is 2.38. The van der Waals surface area contributed by atoms with Gasteiger partial charge in [0.1, 0.15) is 12.5 Å². The van der Waals surface area contributed by atoms with E-state index >= 15 is 0 Å². The third-order valence-corrected chi connectivity index (χ3v) is 4.00. The lowest BCUT2D eigenvalue weighted by molar-refractivity contribution is 0.0991. The minimum absolute atomic E-state index is 0.301. The second-order valence-corrected chi connectivity index (χ2v) is 5.34. The number of carbonyl (C=O) groups excluding carboxylic acids is 2. The first-order chi connectivity index (χ1) is 8.56. The molecule has 8 heteroatoms. The molecule has 0 spiro atoms. The molecule has 2 rings (SSSR count). The van der Waals surface area contributed by atoms with Crippen molar-refractivity contribution < 1.29 is 18.4 Å². The van der Waals surface area contributed by atoms with Gasteiger partial charge in [-0.3, -0.25) is 9.59 Å². The normalized spacial score (nSPS) is 10.4. The molecule has 0 aliphatic heterocycles. The second kappa shape index (κ2) is 5.23. The van der Waals surface area contributed by atoms with E-state index in [1.807, 2.05) is 0 Å². The van der Waals surface area contributed by atoms with Crippen LogP contribution in [0.25, 0.3) is 0 Å². The SMILES string of the molecule is NC(=O)c1coc(SSc2cc(C(N)=O)co2)c1. The van der Waals surface area contributed by atoms with Gasteiger partial charge < -0.3 is 20.3 Å². The number of furan rings is 2. The van der Waals surface area contributed by atoms with E-state index in [-0.39, 0.29) is 0 Å². The fraction of sp³-hybridized carbons (Fsp3) is 0. The third kappa shape index (κ3) is 2.90. The van der Waals surface area contributed by atoms with Crippen molar-refractivity contribution in [1.29, 1.82) is 0 Å². The standard InChI is InChI=1S/C10H8N2O4S2/c11-9(13)5-1-7(15-3-5)17-18-8-2-6(4-16-8)10(12)14/h1-4H,(H2,11,13)(H2,12,14). The van der Waals surface area contributed by atoms with Gasteiger partial charge in [-0.15, -0.1) is 0 Å². The highest BCUT2D eigenvalue weighted by atomic mass is 33.1. The van der Waals surface area contributed by atoms with Gasteiger partial charge in [-0.2, -0.15) is 0 Å². The molecule has 0 saturated heterocycles. The second-order valence-electron chi connectivity index (χ2n) is 3.20. The summed E-state index contributed by atoms with van der Waals surface area (Å²) in [5.74, 6) is -1.10. The summed E-state index contributed by atoms with van der Waals surface area (Å²) in [6.07, 6.45) is 2.56. The maximum Gasteiger partial charge on any atom is 0.251 e. The number of rotatable bonds is 5. The van der Waals surface area contributed by atoms with Crippen molar-refractivity contribution in [3.05, 3.63) is 35.8 Å². The van der Waals surface area contributed by atoms with Crippen LogP contribution in [0.15, 0.2) is 43.7 Å². The van der Waals surface area contributed by atoms with E-state index in [0.29, 0.717) is 21.3 Å². The van der Waals surface area contributed by atoms with E-state index in [0.717, 1.165) is 0 Å². The van der Waals surface area contributed by atoms with E-state index in [4.69, 9.17) is 20.3 Å². The van der Waals surface area contributed by atoms with E-state index < -0.39 is 11.8 Å². The van der Waals surface area contributed by atoms with Crippen molar-refractivity contribution in [1.82, 2.24) is 0 Å². The number of primary amides is 2. The van der Waals surface area contributed by atoms with Gasteiger partial charge in [0.05, 0.1) is 11.1 Å². The molecule has 18 heavy (non-hydrogen) atoms. The largest absolute Gasteiger partial charge is 0.456 e. The van der Waals surface area contributed by atoms with Gasteiger partial charge in [0, 0.05) is 12.1 Å². The lowest BCUT2D eigenvalue weighted by Crippen LogP contribution is -2.09. The topological polar surface area (TPSA) is 112 Å². The van der Waals surface area contributed by atoms with Crippen molar-refractivity contribution in [2.45, 2.75) is 10.2 Å². The Morgan fingerprint density at radius 2 is 1.28 bits per heavy atom. The summed E-state index contributed by atoms with van der Waals surface area (Å²) in [5.41, 5.74) is 10.8. The number of amides is 2. The molecule has 0 bridgehead atoms. The maximum atomic E-state index is 10.8. The molecular formula is C10H8N2O4S2. The molecule has 0 aliphatic rings. The Morgan fingerprint density at radius 3 is 1.56 bits per heavy atom. The molecule has 94 valence electrons. The molecule has 2 heterocycles. The Bertz CT molecular complexity index is 538. The van der Waals surface area contributed by atoms with Crippen LogP contribution in [-0.2, 0) is 0 Å². The molecule has 0 radical (unpaired) electrons. The molecule has 0 aliphatic carbocycles. The minimum Gasteiger partial charge on any atom is -0.456 e. The van der Waals surface area contributed by atoms with Gasteiger partial charge in [-0.25, -0.2) is 0 Å². The van der Waals surface area contributed by atoms with Crippen LogP contribution in [0.5, 0.6) is 0 Å². The Kier molecular flexibility index (Phi) is 3.68. The summed E-state index contributed by atoms with van der Waals surface area (Å²) in [7, 11) is 2.47. The van der Waals surface area contributed by atoms with E-state index in [1.165, 1.54) is 46.2 Å². The Labute approximate surface area is 109 Å². The lowest BCUT2D eigenvalue weighted by Gasteiger charge is -1.91. The zero-order chi connectivity index (χ0) is 13.1. The quantitative estimate of drug-likeness (QED) is 0.810. The molecule has 2 amide bonds. The van der Waals surface area contributed by atoms with Crippen LogP contribution in [-0.4, -0.2) is 11.8 Å². The first kappa shape index (κ1) is 12.7. The molecule has 2 aromatic rings. The van der Waals surface area contributed by atoms with Crippen LogP contribution in [0.4, 0.5) is 0 Å². The predicted molar refractivity (Wildman–Crippen MR) is 66.2 cm³/mol. The maximum absolute atomic E-state index is 10.8. The summed E-state index contributed by atoms with van der Waals surface area (Å²) in [6.45, 7) is 0. The summed E-state index contributed by atoms with van der Waals surface area (Å²) in [5, 5.41) is 1.01. The van der Waals surface area contributed by atoms with Crippen LogP contribution < -0.4 is 11.5 Å². The van der Waals surface area contributed by atoms with Gasteiger partial charge in [-0.1, -0.05) is 0 Å². The van der Waals surface area contributed by atoms with Gasteiger partial charge in [0.25, 0.3) is 11.8 Å². The minimum atomic E-state index is -0.551. The van der Waals surface area contributed by atoms with Crippen molar-refractivity contribution >= 4 is 33.4 Å². The number of nitrogens with two attached hydrogens (primary N) is 2. The van der Waals surface area contributed by atoms with E-state index in [1.54, 1.807) is 0 Å². The highest BCUT2D eigenvalue weighted by Gasteiger charge is 2.11. The van der Waals surface area contributed by atoms with Crippen molar-refractivity contribution in [3.63, 3.8) is 0 Å². The number of hydrogen-bond acceptors (Lipinski definition) is 6. The molecule has 0 fully saturated rings. The van der Waals surface area contributed by atoms with Gasteiger partial charge in [0.15, 0.2) is 10.2 Å². The first-order valence-corrected chi connectivity index (χ1v) is 6.82. The molecule has 4 N–H and O–H groups in total. The van der Waals surface area contributed by atoms with Crippen LogP contribution >= 0.6 is 21.6 Å². The lowest BCUT2D eigenvalue weighted by atomic mass is 10.3. The fourth-order valence-electron chi connectivity index (χ4n) is 1.06. The Morgan fingerprint density at radius 1 is 0.889 bits per heavy atom. The zero-order valence-electron chi connectivity index (χ0n) is 8.91. The molecule has 0 saturated carbocycles. The third-order valence-electron chi connectivity index (χ3n) is 1.93. The summed E-state index contributed by atoms with van der Waals surface area (Å²) in [6, 6.07) is 3.05. The van der Waals surface area contributed by atoms with Crippen LogP contribution in [0.1, 0.15) is 20.7 Å². The smallest absolute Gasteiger partial charge is 0.251 e. The molecule has 6 nitrogen and oxygen atoms in total. The van der Waals surface area contributed by atoms with Gasteiger partial charge >= 0.3 is 0 Å². The van der Waals surface area contributed by atoms with Crippen molar-refractivity contribution in [2.75, 3.05) is 0 Å². The van der Waals surface area contributed by atoms with Crippen LogP contribution in [0.2, 0.25) is 0 Å². The summed E-state index contributed by atoms with van der Waals surface area (Å²) in [4.78, 5) is 21.7. The molecule has 0 atom stereocenters. The highest BCUT2D eigenvalue weighted by molar-refractivity contribution is 8.76.